The first kappa shape index (κ1) is 20.1. The monoisotopic (exact) mass is 404 g/mol. The molecule has 28 heavy (non-hydrogen) atoms. The summed E-state index contributed by atoms with van der Waals surface area (Å²) in [6, 6.07) is 12.2. The number of anilines is 1. The van der Waals surface area contributed by atoms with Crippen molar-refractivity contribution < 1.29 is 18.3 Å². The lowest BCUT2D eigenvalue weighted by Crippen LogP contribution is -2.35. The third-order valence-electron chi connectivity index (χ3n) is 4.98. The molecule has 0 unspecified atom stereocenters. The van der Waals surface area contributed by atoms with E-state index in [9.17, 15) is 13.2 Å². The van der Waals surface area contributed by atoms with Crippen LogP contribution >= 0.6 is 0 Å². The first-order valence-corrected chi connectivity index (χ1v) is 10.7. The quantitative estimate of drug-likeness (QED) is 0.678. The van der Waals surface area contributed by atoms with E-state index in [0.29, 0.717) is 12.5 Å². The molecule has 1 fully saturated rings. The average molecular weight is 404 g/mol. The van der Waals surface area contributed by atoms with Crippen molar-refractivity contribution in [3.05, 3.63) is 42.5 Å². The topological polar surface area (TPSA) is 126 Å². The fourth-order valence-corrected chi connectivity index (χ4v) is 3.92. The number of benzene rings is 1. The molecule has 9 heteroatoms. The molecular weight excluding hydrogens is 380 g/mol. The van der Waals surface area contributed by atoms with Gasteiger partial charge in [-0.15, -0.1) is 0 Å². The van der Waals surface area contributed by atoms with Gasteiger partial charge in [0.05, 0.1) is 10.6 Å². The third-order valence-corrected chi connectivity index (χ3v) is 5.91. The number of aromatic nitrogens is 1. The Balaban J connectivity index is 1.63. The molecule has 0 aliphatic carbocycles. The highest BCUT2D eigenvalue weighted by Gasteiger charge is 2.20. The highest BCUT2D eigenvalue weighted by Crippen LogP contribution is 2.26. The number of carboxylic acid groups (broad SMARTS) is 1. The van der Waals surface area contributed by atoms with Crippen LogP contribution in [-0.2, 0) is 10.0 Å². The number of rotatable bonds is 6. The summed E-state index contributed by atoms with van der Waals surface area (Å²) in [5, 5.41) is 16.2. The summed E-state index contributed by atoms with van der Waals surface area (Å²) in [7, 11) is -3.71. The first-order valence-electron chi connectivity index (χ1n) is 9.15. The Morgan fingerprint density at radius 3 is 2.46 bits per heavy atom. The summed E-state index contributed by atoms with van der Waals surface area (Å²) in [6.07, 6.45) is 1.87. The van der Waals surface area contributed by atoms with Gasteiger partial charge in [-0.3, -0.25) is 0 Å². The molecule has 1 aliphatic heterocycles. The molecule has 0 saturated carbocycles. The van der Waals surface area contributed by atoms with Crippen molar-refractivity contribution in [1.82, 2.24) is 10.3 Å². The number of pyridine rings is 1. The van der Waals surface area contributed by atoms with Crippen LogP contribution < -0.4 is 15.4 Å². The smallest absolute Gasteiger partial charge is 0.404 e. The van der Waals surface area contributed by atoms with E-state index < -0.39 is 16.1 Å². The average Bonchev–Trinajstić information content (AvgIpc) is 2.68. The van der Waals surface area contributed by atoms with Crippen LogP contribution in [0.5, 0.6) is 0 Å². The van der Waals surface area contributed by atoms with Crippen LogP contribution in [0.2, 0.25) is 0 Å². The highest BCUT2D eigenvalue weighted by molar-refractivity contribution is 7.89. The minimum atomic E-state index is -3.71. The van der Waals surface area contributed by atoms with Crippen LogP contribution in [0.25, 0.3) is 11.3 Å². The van der Waals surface area contributed by atoms with Crippen molar-refractivity contribution >= 4 is 21.9 Å². The Morgan fingerprint density at radius 1 is 1.18 bits per heavy atom. The number of nitrogens with zero attached hydrogens (tertiary/aromatic N) is 2. The van der Waals surface area contributed by atoms with Crippen LogP contribution in [0.3, 0.4) is 0 Å². The fourth-order valence-electron chi connectivity index (χ4n) is 3.41. The lowest BCUT2D eigenvalue weighted by atomic mass is 9.93. The number of piperidine rings is 1. The Kier molecular flexibility index (Phi) is 6.15. The maximum atomic E-state index is 11.4. The van der Waals surface area contributed by atoms with Crippen molar-refractivity contribution in [1.29, 1.82) is 0 Å². The third kappa shape index (κ3) is 5.20. The molecule has 0 bridgehead atoms. The van der Waals surface area contributed by atoms with Gasteiger partial charge < -0.3 is 15.3 Å². The standard InChI is InChI=1S/C19H24N4O4S/c20-28(26,27)16-6-4-15(5-7-16)17-2-1-3-18(22-17)23-12-9-14(10-13-23)8-11-21-19(24)25/h1-7,14,21H,8-13H2,(H,24,25)(H2,20,26,27). The van der Waals surface area contributed by atoms with Crippen molar-refractivity contribution in [3.8, 4) is 11.3 Å². The zero-order valence-corrected chi connectivity index (χ0v) is 16.2. The van der Waals surface area contributed by atoms with Gasteiger partial charge in [0.15, 0.2) is 0 Å². The molecule has 8 nitrogen and oxygen atoms in total. The minimum Gasteiger partial charge on any atom is -0.465 e. The second kappa shape index (κ2) is 8.57. The highest BCUT2D eigenvalue weighted by atomic mass is 32.2. The molecule has 1 aromatic carbocycles. The Morgan fingerprint density at radius 2 is 1.86 bits per heavy atom. The largest absolute Gasteiger partial charge is 0.465 e. The van der Waals surface area contributed by atoms with E-state index in [2.05, 4.69) is 10.2 Å². The lowest BCUT2D eigenvalue weighted by Gasteiger charge is -2.33. The van der Waals surface area contributed by atoms with E-state index in [0.717, 1.165) is 49.4 Å². The van der Waals surface area contributed by atoms with E-state index in [4.69, 9.17) is 15.2 Å². The summed E-state index contributed by atoms with van der Waals surface area (Å²) in [5.74, 6) is 1.40. The zero-order valence-electron chi connectivity index (χ0n) is 15.4. The Bertz CT molecular complexity index is 923. The predicted molar refractivity (Wildman–Crippen MR) is 107 cm³/mol. The molecule has 0 radical (unpaired) electrons. The van der Waals surface area contributed by atoms with Gasteiger partial charge in [0.25, 0.3) is 0 Å². The van der Waals surface area contributed by atoms with Gasteiger partial charge in [-0.1, -0.05) is 18.2 Å². The van der Waals surface area contributed by atoms with Crippen LogP contribution in [-0.4, -0.2) is 44.2 Å². The number of nitrogens with one attached hydrogen (secondary N) is 1. The molecule has 3 rings (SSSR count). The van der Waals surface area contributed by atoms with Crippen molar-refractivity contribution in [2.45, 2.75) is 24.2 Å². The van der Waals surface area contributed by atoms with Crippen LogP contribution in [0, 0.1) is 5.92 Å². The summed E-state index contributed by atoms with van der Waals surface area (Å²) in [6.45, 7) is 2.24. The number of sulfonamides is 1. The summed E-state index contributed by atoms with van der Waals surface area (Å²) < 4.78 is 22.8. The molecule has 2 heterocycles. The van der Waals surface area contributed by atoms with Gasteiger partial charge in [-0.25, -0.2) is 23.3 Å². The first-order chi connectivity index (χ1) is 13.3. The van der Waals surface area contributed by atoms with E-state index in [1.807, 2.05) is 18.2 Å². The molecular formula is C19H24N4O4S. The molecule has 150 valence electrons. The van der Waals surface area contributed by atoms with Crippen LogP contribution in [0.1, 0.15) is 19.3 Å². The van der Waals surface area contributed by atoms with Gasteiger partial charge in [0, 0.05) is 25.2 Å². The minimum absolute atomic E-state index is 0.0758. The molecule has 2 aromatic rings. The van der Waals surface area contributed by atoms with Crippen molar-refractivity contribution in [3.63, 3.8) is 0 Å². The second-order valence-corrected chi connectivity index (χ2v) is 8.46. The van der Waals surface area contributed by atoms with E-state index in [-0.39, 0.29) is 4.90 Å². The van der Waals surface area contributed by atoms with Gasteiger partial charge >= 0.3 is 6.09 Å². The zero-order chi connectivity index (χ0) is 20.1. The molecule has 4 N–H and O–H groups in total. The number of nitrogens with two attached hydrogens (primary N) is 1. The van der Waals surface area contributed by atoms with Crippen molar-refractivity contribution in [2.75, 3.05) is 24.5 Å². The number of hydrogen-bond acceptors (Lipinski definition) is 5. The van der Waals surface area contributed by atoms with E-state index in [1.54, 1.807) is 12.1 Å². The summed E-state index contributed by atoms with van der Waals surface area (Å²) in [5.41, 5.74) is 1.59. The second-order valence-electron chi connectivity index (χ2n) is 6.90. The maximum absolute atomic E-state index is 11.4. The molecule has 0 atom stereocenters. The van der Waals surface area contributed by atoms with Gasteiger partial charge in [0.1, 0.15) is 5.82 Å². The van der Waals surface area contributed by atoms with Gasteiger partial charge in [-0.2, -0.15) is 0 Å². The van der Waals surface area contributed by atoms with Crippen LogP contribution in [0.4, 0.5) is 10.6 Å². The normalized spacial score (nSPS) is 15.4. The summed E-state index contributed by atoms with van der Waals surface area (Å²) in [4.78, 5) is 17.6. The van der Waals surface area contributed by atoms with Gasteiger partial charge in [0.2, 0.25) is 10.0 Å². The van der Waals surface area contributed by atoms with Crippen LogP contribution in [0.15, 0.2) is 47.4 Å². The molecule has 0 spiro atoms. The predicted octanol–water partition coefficient (Wildman–Crippen LogP) is 2.27. The lowest BCUT2D eigenvalue weighted by molar-refractivity contribution is 0.193. The fraction of sp³-hybridized carbons (Fsp3) is 0.368. The Labute approximate surface area is 164 Å². The number of hydrogen-bond donors (Lipinski definition) is 3. The number of primary sulfonamides is 1. The molecule has 1 amide bonds. The molecule has 1 saturated heterocycles. The molecule has 1 aromatic heterocycles. The molecule has 1 aliphatic rings. The SMILES string of the molecule is NS(=O)(=O)c1ccc(-c2cccc(N3CCC(CCNC(=O)O)CC3)n2)cc1. The maximum Gasteiger partial charge on any atom is 0.404 e. The number of carbonyl (C=O) groups is 1. The number of amides is 1. The Hall–Kier alpha value is -2.65. The van der Waals surface area contributed by atoms with Gasteiger partial charge in [-0.05, 0) is 49.4 Å². The van der Waals surface area contributed by atoms with E-state index in [1.165, 1.54) is 12.1 Å². The summed E-state index contributed by atoms with van der Waals surface area (Å²) >= 11 is 0. The van der Waals surface area contributed by atoms with E-state index >= 15 is 0 Å². The van der Waals surface area contributed by atoms with Crippen molar-refractivity contribution in [2.24, 2.45) is 11.1 Å².